The number of carbonyl (C=O) groups is 1. The van der Waals surface area contributed by atoms with E-state index in [0.29, 0.717) is 24.4 Å². The molecule has 0 aliphatic carbocycles. The molecular weight excluding hydrogens is 444 g/mol. The molecule has 2 unspecified atom stereocenters. The van der Waals surface area contributed by atoms with E-state index in [1.165, 1.54) is 110 Å². The second kappa shape index (κ2) is 23.5. The normalized spacial score (nSPS) is 21.4. The first kappa shape index (κ1) is 35.4. The minimum atomic E-state index is 0.308. The van der Waals surface area contributed by atoms with Gasteiger partial charge in [-0.25, -0.2) is 0 Å². The molecule has 36 heavy (non-hydrogen) atoms. The van der Waals surface area contributed by atoms with Gasteiger partial charge in [0.15, 0.2) is 0 Å². The van der Waals surface area contributed by atoms with Gasteiger partial charge < -0.3 is 14.7 Å². The maximum absolute atomic E-state index is 11.9. The molecule has 0 bridgehead atoms. The van der Waals surface area contributed by atoms with E-state index >= 15 is 0 Å². The molecule has 0 aromatic heterocycles. The highest BCUT2D eigenvalue weighted by atomic mass is 16.2. The molecule has 2 atom stereocenters. The van der Waals surface area contributed by atoms with E-state index in [9.17, 15) is 4.79 Å². The van der Waals surface area contributed by atoms with Gasteiger partial charge in [-0.05, 0) is 52.7 Å². The number of piperazine rings is 2. The van der Waals surface area contributed by atoms with E-state index in [1.807, 2.05) is 20.8 Å². The standard InChI is InChI=1S/C16H32N2O.C13H28N2.C2H6/c1-5-7-8-9-10-11-17-12-14(3)18(15(4)13-17)16(19)6-2;1-3-5-6-7-9-15-12-10-14(8-4-2)11-13-15;1-2/h14-15H,5-13H2,1-4H3;3-13H2,1-2H3;1-2H3. The van der Waals surface area contributed by atoms with Gasteiger partial charge in [0.05, 0.1) is 0 Å². The van der Waals surface area contributed by atoms with Crippen LogP contribution in [0.2, 0.25) is 0 Å². The SMILES string of the molecule is CC.CCCCCCCN1CC(C)N(C(=O)CC)C(C)C1.CCCCCCN1CCN(CCC)CC1. The minimum Gasteiger partial charge on any atom is -0.335 e. The fraction of sp³-hybridized carbons (Fsp3) is 0.968. The molecule has 2 fully saturated rings. The first-order chi connectivity index (χ1) is 17.5. The van der Waals surface area contributed by atoms with Crippen molar-refractivity contribution in [3.05, 3.63) is 0 Å². The lowest BCUT2D eigenvalue weighted by Crippen LogP contribution is -2.58. The van der Waals surface area contributed by atoms with Crippen molar-refractivity contribution in [3.8, 4) is 0 Å². The first-order valence-electron chi connectivity index (χ1n) is 15.9. The van der Waals surface area contributed by atoms with E-state index in [2.05, 4.69) is 54.2 Å². The summed E-state index contributed by atoms with van der Waals surface area (Å²) in [7, 11) is 0. The third-order valence-corrected chi connectivity index (χ3v) is 7.50. The topological polar surface area (TPSA) is 30.0 Å². The van der Waals surface area contributed by atoms with Gasteiger partial charge in [-0.1, -0.05) is 86.5 Å². The van der Waals surface area contributed by atoms with Crippen LogP contribution < -0.4 is 0 Å². The van der Waals surface area contributed by atoms with Crippen LogP contribution >= 0.6 is 0 Å². The predicted octanol–water partition coefficient (Wildman–Crippen LogP) is 6.91. The zero-order valence-corrected chi connectivity index (χ0v) is 26.0. The molecule has 0 aromatic carbocycles. The molecule has 0 N–H and O–H groups in total. The Balaban J connectivity index is 0.000000651. The number of unbranched alkanes of at least 4 members (excludes halogenated alkanes) is 7. The molecular formula is C31H66N4O. The smallest absolute Gasteiger partial charge is 0.222 e. The van der Waals surface area contributed by atoms with Crippen molar-refractivity contribution in [3.63, 3.8) is 0 Å². The van der Waals surface area contributed by atoms with Crippen molar-refractivity contribution in [1.29, 1.82) is 0 Å². The fourth-order valence-corrected chi connectivity index (χ4v) is 5.54. The minimum absolute atomic E-state index is 0.308. The van der Waals surface area contributed by atoms with Crippen LogP contribution in [0.5, 0.6) is 0 Å². The zero-order chi connectivity index (χ0) is 27.2. The van der Waals surface area contributed by atoms with E-state index in [4.69, 9.17) is 0 Å². The van der Waals surface area contributed by atoms with Gasteiger partial charge in [0.2, 0.25) is 5.91 Å². The highest BCUT2D eigenvalue weighted by Crippen LogP contribution is 2.17. The Morgan fingerprint density at radius 1 is 0.583 bits per heavy atom. The van der Waals surface area contributed by atoms with Crippen molar-refractivity contribution < 1.29 is 4.79 Å². The average Bonchev–Trinajstić information content (AvgIpc) is 2.89. The molecule has 2 aliphatic heterocycles. The van der Waals surface area contributed by atoms with Crippen molar-refractivity contribution in [1.82, 2.24) is 19.6 Å². The largest absolute Gasteiger partial charge is 0.335 e. The number of hydrogen-bond acceptors (Lipinski definition) is 4. The van der Waals surface area contributed by atoms with Crippen LogP contribution in [-0.4, -0.2) is 96.5 Å². The van der Waals surface area contributed by atoms with Crippen LogP contribution in [0.15, 0.2) is 0 Å². The summed E-state index contributed by atoms with van der Waals surface area (Å²) < 4.78 is 0. The molecule has 0 saturated carbocycles. The Bertz CT molecular complexity index is 478. The van der Waals surface area contributed by atoms with Gasteiger partial charge in [-0.15, -0.1) is 0 Å². The lowest BCUT2D eigenvalue weighted by atomic mass is 10.1. The molecule has 5 heteroatoms. The van der Waals surface area contributed by atoms with Gasteiger partial charge in [0.25, 0.3) is 0 Å². The summed E-state index contributed by atoms with van der Waals surface area (Å²) in [6.45, 7) is 28.3. The summed E-state index contributed by atoms with van der Waals surface area (Å²) in [4.78, 5) is 21.8. The van der Waals surface area contributed by atoms with Crippen molar-refractivity contribution >= 4 is 5.91 Å². The highest BCUT2D eigenvalue weighted by molar-refractivity contribution is 5.76. The Labute approximate surface area is 227 Å². The molecule has 2 rings (SSSR count). The number of rotatable bonds is 14. The molecule has 2 aliphatic rings. The van der Waals surface area contributed by atoms with Gasteiger partial charge >= 0.3 is 0 Å². The third kappa shape index (κ3) is 15.6. The number of hydrogen-bond donors (Lipinski definition) is 0. The average molecular weight is 511 g/mol. The van der Waals surface area contributed by atoms with Crippen molar-refractivity contribution in [2.45, 2.75) is 138 Å². The number of amides is 1. The molecule has 2 heterocycles. The van der Waals surface area contributed by atoms with E-state index in [0.717, 1.165) is 13.1 Å². The summed E-state index contributed by atoms with van der Waals surface area (Å²) in [5.41, 5.74) is 0. The monoisotopic (exact) mass is 511 g/mol. The molecule has 0 aromatic rings. The molecule has 2 saturated heterocycles. The second-order valence-electron chi connectivity index (χ2n) is 10.8. The van der Waals surface area contributed by atoms with E-state index in [1.54, 1.807) is 0 Å². The van der Waals surface area contributed by atoms with Crippen LogP contribution in [0.4, 0.5) is 0 Å². The molecule has 0 radical (unpaired) electrons. The van der Waals surface area contributed by atoms with Crippen LogP contribution in [0.3, 0.4) is 0 Å². The Morgan fingerprint density at radius 3 is 1.44 bits per heavy atom. The van der Waals surface area contributed by atoms with E-state index in [-0.39, 0.29) is 0 Å². The van der Waals surface area contributed by atoms with E-state index < -0.39 is 0 Å². The number of nitrogens with zero attached hydrogens (tertiary/aromatic N) is 4. The van der Waals surface area contributed by atoms with Crippen LogP contribution in [0.1, 0.15) is 126 Å². The van der Waals surface area contributed by atoms with Gasteiger partial charge in [-0.2, -0.15) is 0 Å². The maximum atomic E-state index is 11.9. The van der Waals surface area contributed by atoms with Gasteiger partial charge in [0.1, 0.15) is 0 Å². The lowest BCUT2D eigenvalue weighted by Gasteiger charge is -2.44. The Hall–Kier alpha value is -0.650. The molecule has 216 valence electrons. The summed E-state index contributed by atoms with van der Waals surface area (Å²) in [6, 6.07) is 0.735. The van der Waals surface area contributed by atoms with Crippen LogP contribution in [0, 0.1) is 0 Å². The van der Waals surface area contributed by atoms with Crippen LogP contribution in [0.25, 0.3) is 0 Å². The molecule has 5 nitrogen and oxygen atoms in total. The lowest BCUT2D eigenvalue weighted by molar-refractivity contribution is -0.138. The zero-order valence-electron chi connectivity index (χ0n) is 26.0. The van der Waals surface area contributed by atoms with Gasteiger partial charge in [-0.3, -0.25) is 9.69 Å². The van der Waals surface area contributed by atoms with Crippen molar-refractivity contribution in [2.24, 2.45) is 0 Å². The summed E-state index contributed by atoms with van der Waals surface area (Å²) >= 11 is 0. The maximum Gasteiger partial charge on any atom is 0.222 e. The molecule has 0 spiro atoms. The third-order valence-electron chi connectivity index (χ3n) is 7.50. The summed E-state index contributed by atoms with van der Waals surface area (Å²) in [5, 5.41) is 0. The van der Waals surface area contributed by atoms with Gasteiger partial charge in [0, 0.05) is 57.8 Å². The van der Waals surface area contributed by atoms with Crippen LogP contribution in [-0.2, 0) is 4.79 Å². The predicted molar refractivity (Wildman–Crippen MR) is 160 cm³/mol. The Morgan fingerprint density at radius 2 is 1.00 bits per heavy atom. The summed E-state index contributed by atoms with van der Waals surface area (Å²) in [6.07, 6.45) is 14.2. The molecule has 1 amide bonds. The second-order valence-corrected chi connectivity index (χ2v) is 10.8. The fourth-order valence-electron chi connectivity index (χ4n) is 5.54. The quantitative estimate of drug-likeness (QED) is 0.238. The Kier molecular flexibility index (Phi) is 23.0. The first-order valence-corrected chi connectivity index (χ1v) is 15.9. The summed E-state index contributed by atoms with van der Waals surface area (Å²) in [5.74, 6) is 0.308. The number of carbonyl (C=O) groups excluding carboxylic acids is 1. The highest BCUT2D eigenvalue weighted by Gasteiger charge is 2.31. The van der Waals surface area contributed by atoms with Crippen molar-refractivity contribution in [2.75, 3.05) is 58.9 Å².